The highest BCUT2D eigenvalue weighted by Crippen LogP contribution is 2.38. The van der Waals surface area contributed by atoms with E-state index in [1.165, 1.54) is 36.9 Å². The third kappa shape index (κ3) is 4.03. The van der Waals surface area contributed by atoms with Gasteiger partial charge >= 0.3 is 5.76 Å². The van der Waals surface area contributed by atoms with E-state index in [4.69, 9.17) is 9.40 Å². The summed E-state index contributed by atoms with van der Waals surface area (Å²) in [7, 11) is 0. The summed E-state index contributed by atoms with van der Waals surface area (Å²) in [5.74, 6) is 1.22. The van der Waals surface area contributed by atoms with Gasteiger partial charge < -0.3 is 20.4 Å². The number of anilines is 4. The highest BCUT2D eigenvalue weighted by atomic mass is 16.4. The van der Waals surface area contributed by atoms with Crippen LogP contribution in [0.1, 0.15) is 48.4 Å². The monoisotopic (exact) mass is 457 g/mol. The van der Waals surface area contributed by atoms with E-state index in [9.17, 15) is 4.79 Å². The van der Waals surface area contributed by atoms with Crippen molar-refractivity contribution in [1.82, 2.24) is 25.3 Å². The first-order valence-corrected chi connectivity index (χ1v) is 11.7. The molecule has 174 valence electrons. The normalized spacial score (nSPS) is 21.6. The van der Waals surface area contributed by atoms with E-state index in [2.05, 4.69) is 43.9 Å². The second kappa shape index (κ2) is 8.25. The van der Waals surface area contributed by atoms with Gasteiger partial charge in [0.05, 0.1) is 17.4 Å². The molecule has 1 aromatic carbocycles. The summed E-state index contributed by atoms with van der Waals surface area (Å²) >= 11 is 0. The van der Waals surface area contributed by atoms with Crippen LogP contribution in [-0.4, -0.2) is 32.0 Å². The molecule has 34 heavy (non-hydrogen) atoms. The number of fused-ring (bicyclic) bond motifs is 3. The zero-order valence-corrected chi connectivity index (χ0v) is 19.2. The van der Waals surface area contributed by atoms with E-state index in [0.29, 0.717) is 40.9 Å². The van der Waals surface area contributed by atoms with Gasteiger partial charge in [-0.05, 0) is 69.4 Å². The van der Waals surface area contributed by atoms with Gasteiger partial charge in [-0.2, -0.15) is 4.98 Å². The lowest BCUT2D eigenvalue weighted by Crippen LogP contribution is -2.37. The molecule has 2 atom stereocenters. The standard InChI is InChI=1S/C25H27N7O2/c1-13-7-19(12-26-22(13)15-8-16-3-4-17(9-15)28-16)30-24-27-11-14(2)23(32-24)29-18-5-6-21-20(10-18)31-25(33)34-21/h5-7,10-12,15-17,28H,3-4,8-9H2,1-2H3,(H,31,33)(H2,27,29,30,32). The average molecular weight is 458 g/mol. The van der Waals surface area contributed by atoms with Crippen LogP contribution in [0.4, 0.5) is 23.1 Å². The van der Waals surface area contributed by atoms with Gasteiger partial charge in [0.15, 0.2) is 5.58 Å². The van der Waals surface area contributed by atoms with Crippen LogP contribution in [0.3, 0.4) is 0 Å². The number of nitrogens with one attached hydrogen (secondary N) is 4. The van der Waals surface area contributed by atoms with Crippen LogP contribution in [-0.2, 0) is 0 Å². The molecule has 0 radical (unpaired) electrons. The van der Waals surface area contributed by atoms with Crippen molar-refractivity contribution in [3.63, 3.8) is 0 Å². The van der Waals surface area contributed by atoms with Gasteiger partial charge in [-0.15, -0.1) is 0 Å². The fourth-order valence-corrected chi connectivity index (χ4v) is 5.29. The Balaban J connectivity index is 1.20. The maximum absolute atomic E-state index is 11.4. The van der Waals surface area contributed by atoms with Crippen LogP contribution in [0.15, 0.2) is 45.9 Å². The summed E-state index contributed by atoms with van der Waals surface area (Å²) in [6.07, 6.45) is 8.57. The lowest BCUT2D eigenvalue weighted by atomic mass is 9.87. The Hall–Kier alpha value is -3.72. The van der Waals surface area contributed by atoms with E-state index >= 15 is 0 Å². The van der Waals surface area contributed by atoms with Gasteiger partial charge in [0.2, 0.25) is 5.95 Å². The van der Waals surface area contributed by atoms with Crippen molar-refractivity contribution < 1.29 is 4.42 Å². The van der Waals surface area contributed by atoms with Crippen LogP contribution in [0.2, 0.25) is 0 Å². The molecule has 2 unspecified atom stereocenters. The number of oxazole rings is 1. The van der Waals surface area contributed by atoms with Gasteiger partial charge in [-0.25, -0.2) is 9.78 Å². The summed E-state index contributed by atoms with van der Waals surface area (Å²) in [5, 5.41) is 10.3. The molecule has 2 fully saturated rings. The predicted octanol–water partition coefficient (Wildman–Crippen LogP) is 4.41. The van der Waals surface area contributed by atoms with E-state index < -0.39 is 5.76 Å². The number of hydrogen-bond donors (Lipinski definition) is 4. The average Bonchev–Trinajstić information content (AvgIpc) is 3.35. The van der Waals surface area contributed by atoms with Crippen LogP contribution >= 0.6 is 0 Å². The van der Waals surface area contributed by atoms with Crippen molar-refractivity contribution in [3.8, 4) is 0 Å². The van der Waals surface area contributed by atoms with Crippen molar-refractivity contribution in [3.05, 3.63) is 64.0 Å². The Morgan fingerprint density at radius 1 is 0.971 bits per heavy atom. The van der Waals surface area contributed by atoms with Crippen LogP contribution < -0.4 is 21.7 Å². The predicted molar refractivity (Wildman–Crippen MR) is 131 cm³/mol. The SMILES string of the molecule is Cc1cnc(Nc2cnc(C3CC4CCC(C3)N4)c(C)c2)nc1Nc1ccc2oc(=O)[nH]c2c1. The van der Waals surface area contributed by atoms with E-state index in [1.807, 2.05) is 25.3 Å². The van der Waals surface area contributed by atoms with Gasteiger partial charge in [-0.1, -0.05) is 0 Å². The highest BCUT2D eigenvalue weighted by Gasteiger charge is 2.35. The number of rotatable bonds is 5. The number of H-pyrrole nitrogens is 1. The molecule has 4 N–H and O–H groups in total. The number of hydrogen-bond acceptors (Lipinski definition) is 8. The molecular formula is C25H27N7O2. The first-order chi connectivity index (χ1) is 16.5. The topological polar surface area (TPSA) is 121 Å². The minimum atomic E-state index is -0.473. The van der Waals surface area contributed by atoms with Gasteiger partial charge in [-0.3, -0.25) is 9.97 Å². The molecule has 0 saturated carbocycles. The van der Waals surface area contributed by atoms with E-state index in [1.54, 1.807) is 12.3 Å². The second-order valence-corrected chi connectivity index (χ2v) is 9.43. The Morgan fingerprint density at radius 2 is 1.79 bits per heavy atom. The molecule has 0 aliphatic carbocycles. The molecule has 0 amide bonds. The number of aromatic amines is 1. The number of pyridine rings is 1. The molecule has 2 aliphatic heterocycles. The smallest absolute Gasteiger partial charge is 0.408 e. The number of aryl methyl sites for hydroxylation is 2. The molecule has 2 saturated heterocycles. The highest BCUT2D eigenvalue weighted by molar-refractivity contribution is 5.78. The van der Waals surface area contributed by atoms with Crippen LogP contribution in [0, 0.1) is 13.8 Å². The zero-order valence-electron chi connectivity index (χ0n) is 19.2. The quantitative estimate of drug-likeness (QED) is 0.348. The fourth-order valence-electron chi connectivity index (χ4n) is 5.29. The zero-order chi connectivity index (χ0) is 23.2. The first-order valence-electron chi connectivity index (χ1n) is 11.7. The summed E-state index contributed by atoms with van der Waals surface area (Å²) in [5.41, 5.74) is 6.11. The van der Waals surface area contributed by atoms with Crippen molar-refractivity contribution in [2.45, 2.75) is 57.5 Å². The minimum Gasteiger partial charge on any atom is -0.408 e. The van der Waals surface area contributed by atoms with E-state index in [-0.39, 0.29) is 0 Å². The van der Waals surface area contributed by atoms with Crippen molar-refractivity contribution in [1.29, 1.82) is 0 Å². The van der Waals surface area contributed by atoms with Gasteiger partial charge in [0.1, 0.15) is 5.82 Å². The van der Waals surface area contributed by atoms with Gasteiger partial charge in [0, 0.05) is 41.1 Å². The summed E-state index contributed by atoms with van der Waals surface area (Å²) in [6.45, 7) is 4.08. The first kappa shape index (κ1) is 20.9. The largest absolute Gasteiger partial charge is 0.417 e. The number of aromatic nitrogens is 4. The van der Waals surface area contributed by atoms with Crippen LogP contribution in [0.25, 0.3) is 11.1 Å². The number of piperidine rings is 1. The molecular weight excluding hydrogens is 430 g/mol. The third-order valence-corrected chi connectivity index (χ3v) is 6.89. The lowest BCUT2D eigenvalue weighted by molar-refractivity contribution is 0.358. The van der Waals surface area contributed by atoms with Gasteiger partial charge in [0.25, 0.3) is 0 Å². The summed E-state index contributed by atoms with van der Waals surface area (Å²) in [4.78, 5) is 28.0. The second-order valence-electron chi connectivity index (χ2n) is 9.43. The maximum atomic E-state index is 11.4. The van der Waals surface area contributed by atoms with Crippen molar-refractivity contribution >= 4 is 34.2 Å². The molecule has 2 bridgehead atoms. The summed E-state index contributed by atoms with van der Waals surface area (Å²) < 4.78 is 5.07. The summed E-state index contributed by atoms with van der Waals surface area (Å²) in [6, 6.07) is 8.81. The molecule has 5 heterocycles. The number of benzene rings is 1. The Bertz CT molecular complexity index is 1410. The Labute approximate surface area is 196 Å². The van der Waals surface area contributed by atoms with Crippen molar-refractivity contribution in [2.75, 3.05) is 10.6 Å². The van der Waals surface area contributed by atoms with Crippen LogP contribution in [0.5, 0.6) is 0 Å². The molecule has 0 spiro atoms. The van der Waals surface area contributed by atoms with E-state index in [0.717, 1.165) is 16.9 Å². The molecule has 2 aliphatic rings. The minimum absolute atomic E-state index is 0.473. The number of nitrogens with zero attached hydrogens (tertiary/aromatic N) is 3. The molecule has 9 heteroatoms. The molecule has 6 rings (SSSR count). The Morgan fingerprint density at radius 3 is 2.59 bits per heavy atom. The Kier molecular flexibility index (Phi) is 5.06. The molecule has 3 aromatic heterocycles. The lowest BCUT2D eigenvalue weighted by Gasteiger charge is -2.29. The molecule has 4 aromatic rings. The van der Waals surface area contributed by atoms with Crippen molar-refractivity contribution in [2.24, 2.45) is 0 Å². The third-order valence-electron chi connectivity index (χ3n) is 6.89. The molecule has 9 nitrogen and oxygen atoms in total. The maximum Gasteiger partial charge on any atom is 0.417 e. The fraction of sp³-hybridized carbons (Fsp3) is 0.360.